The van der Waals surface area contributed by atoms with Crippen LogP contribution in [0.5, 0.6) is 0 Å². The van der Waals surface area contributed by atoms with Gasteiger partial charge in [-0.2, -0.15) is 8.42 Å². The average molecular weight is 728 g/mol. The molecule has 0 aromatic rings. The molecule has 8 unspecified atom stereocenters. The van der Waals surface area contributed by atoms with Crippen LogP contribution in [0.15, 0.2) is 0 Å². The van der Waals surface area contributed by atoms with E-state index in [-0.39, 0.29) is 6.42 Å². The summed E-state index contributed by atoms with van der Waals surface area (Å²) in [6, 6.07) is -1.02. The van der Waals surface area contributed by atoms with Crippen LogP contribution >= 0.6 is 0 Å². The van der Waals surface area contributed by atoms with Crippen molar-refractivity contribution < 1.29 is 57.0 Å². The van der Waals surface area contributed by atoms with Crippen LogP contribution in [-0.2, 0) is 28.9 Å². The lowest BCUT2D eigenvalue weighted by molar-refractivity contribution is -0.298. The Bertz CT molecular complexity index is 926. The van der Waals surface area contributed by atoms with E-state index in [1.165, 1.54) is 64.2 Å². The van der Waals surface area contributed by atoms with Gasteiger partial charge in [-0.1, -0.05) is 142 Å². The third-order valence-corrected chi connectivity index (χ3v) is 9.74. The van der Waals surface area contributed by atoms with Crippen molar-refractivity contribution in [1.82, 2.24) is 5.32 Å². The van der Waals surface area contributed by atoms with Gasteiger partial charge in [-0.05, 0) is 12.8 Å². The molecule has 0 saturated carbocycles. The summed E-state index contributed by atoms with van der Waals surface area (Å²) in [6.07, 6.45) is 12.0. The predicted molar refractivity (Wildman–Crippen MR) is 187 cm³/mol. The number of ether oxygens (including phenoxy) is 2. The van der Waals surface area contributed by atoms with Gasteiger partial charge in [0.15, 0.2) is 6.29 Å². The van der Waals surface area contributed by atoms with Gasteiger partial charge >= 0.3 is 10.4 Å². The Morgan fingerprint density at radius 3 is 1.63 bits per heavy atom. The zero-order valence-electron chi connectivity index (χ0n) is 30.1. The van der Waals surface area contributed by atoms with Gasteiger partial charge in [-0.15, -0.1) is 0 Å². The molecule has 8 atom stereocenters. The summed E-state index contributed by atoms with van der Waals surface area (Å²) in [7, 11) is -5.09. The number of aliphatic hydroxyl groups excluding tert-OH is 5. The predicted octanol–water partition coefficient (Wildman–Crippen LogP) is 4.46. The van der Waals surface area contributed by atoms with Gasteiger partial charge in [0.25, 0.3) is 0 Å². The lowest BCUT2D eigenvalue weighted by Crippen LogP contribution is -2.61. The maximum Gasteiger partial charge on any atom is 0.397 e. The molecule has 49 heavy (non-hydrogen) atoms. The highest BCUT2D eigenvalue weighted by Crippen LogP contribution is 2.26. The van der Waals surface area contributed by atoms with Crippen molar-refractivity contribution in [2.75, 3.05) is 13.2 Å². The van der Waals surface area contributed by atoms with Crippen molar-refractivity contribution in [2.45, 2.75) is 204 Å². The Morgan fingerprint density at radius 2 is 1.18 bits per heavy atom. The molecule has 292 valence electrons. The van der Waals surface area contributed by atoms with Gasteiger partial charge in [0, 0.05) is 0 Å². The van der Waals surface area contributed by atoms with Crippen LogP contribution in [0.25, 0.3) is 0 Å². The first-order chi connectivity index (χ1) is 23.4. The Hall–Kier alpha value is -0.940. The van der Waals surface area contributed by atoms with Gasteiger partial charge in [-0.25, -0.2) is 4.18 Å². The van der Waals surface area contributed by atoms with Gasteiger partial charge in [0.2, 0.25) is 5.91 Å². The number of rotatable bonds is 31. The molecule has 1 saturated heterocycles. The second-order valence-electron chi connectivity index (χ2n) is 13.7. The van der Waals surface area contributed by atoms with Crippen LogP contribution in [0.4, 0.5) is 0 Å². The molecule has 0 aromatic carbocycles. The topological polar surface area (TPSA) is 212 Å². The smallest absolute Gasteiger partial charge is 0.394 e. The van der Waals surface area contributed by atoms with Crippen molar-refractivity contribution in [1.29, 1.82) is 0 Å². The number of unbranched alkanes of at least 4 members (excludes halogenated alkanes) is 18. The molecule has 14 heteroatoms. The normalized spacial score (nSPS) is 23.3. The molecule has 0 bridgehead atoms. The standard InChI is InChI=1S/C35H69NO12S/c1-3-5-7-9-11-12-13-14-15-16-18-20-22-24-29(39)34(42)36-27(28(38)23-21-19-17-10-8-6-4-2)26-46-35-32(41)33(48-49(43,44)45)31(40)30(25-37)47-35/h27-33,35,37-41H,3-26H2,1-2H3,(H,36,42)(H,43,44,45). The number of amides is 1. The summed E-state index contributed by atoms with van der Waals surface area (Å²) in [5.41, 5.74) is 0. The van der Waals surface area contributed by atoms with Crippen LogP contribution < -0.4 is 5.32 Å². The van der Waals surface area contributed by atoms with E-state index in [0.717, 1.165) is 51.4 Å². The molecule has 1 amide bonds. The van der Waals surface area contributed by atoms with E-state index >= 15 is 0 Å². The molecule has 7 N–H and O–H groups in total. The zero-order chi connectivity index (χ0) is 36.5. The first kappa shape index (κ1) is 46.1. The van der Waals surface area contributed by atoms with Crippen molar-refractivity contribution in [3.05, 3.63) is 0 Å². The summed E-state index contributed by atoms with van der Waals surface area (Å²) >= 11 is 0. The average Bonchev–Trinajstić information content (AvgIpc) is 3.06. The molecule has 0 aliphatic carbocycles. The molecule has 1 fully saturated rings. The number of hydrogen-bond acceptors (Lipinski definition) is 11. The van der Waals surface area contributed by atoms with E-state index in [1.807, 2.05) is 0 Å². The van der Waals surface area contributed by atoms with Gasteiger partial charge in [0.1, 0.15) is 30.5 Å². The fourth-order valence-electron chi connectivity index (χ4n) is 6.17. The third-order valence-electron chi connectivity index (χ3n) is 9.27. The minimum atomic E-state index is -5.09. The van der Waals surface area contributed by atoms with E-state index in [0.29, 0.717) is 19.3 Å². The summed E-state index contributed by atoms with van der Waals surface area (Å²) in [5, 5.41) is 54.8. The Morgan fingerprint density at radius 1 is 0.735 bits per heavy atom. The Kier molecular flexibility index (Phi) is 26.0. The SMILES string of the molecule is CCCCCCCCCCCCCCCC(O)C(=O)NC(COC1OC(CO)C(O)C(OS(=O)(=O)O)C1O)C(O)CCCCCCCCC. The molecule has 1 rings (SSSR count). The Balaban J connectivity index is 2.63. The highest BCUT2D eigenvalue weighted by Gasteiger charge is 2.48. The van der Waals surface area contributed by atoms with Gasteiger partial charge in [0.05, 0.1) is 25.4 Å². The zero-order valence-corrected chi connectivity index (χ0v) is 30.9. The summed E-state index contributed by atoms with van der Waals surface area (Å²) < 4.78 is 47.2. The lowest BCUT2D eigenvalue weighted by atomic mass is 9.99. The van der Waals surface area contributed by atoms with Gasteiger partial charge in [-0.3, -0.25) is 9.35 Å². The summed E-state index contributed by atoms with van der Waals surface area (Å²) in [6.45, 7) is 3.18. The van der Waals surface area contributed by atoms with E-state index in [9.17, 15) is 38.7 Å². The molecular weight excluding hydrogens is 658 g/mol. The van der Waals surface area contributed by atoms with Crippen molar-refractivity contribution in [2.24, 2.45) is 0 Å². The van der Waals surface area contributed by atoms with Crippen LogP contribution in [0, 0.1) is 0 Å². The number of nitrogens with one attached hydrogen (secondary N) is 1. The number of hydrogen-bond donors (Lipinski definition) is 7. The quantitative estimate of drug-likeness (QED) is 0.0390. The van der Waals surface area contributed by atoms with E-state index in [4.69, 9.17) is 14.0 Å². The van der Waals surface area contributed by atoms with Crippen molar-refractivity contribution in [3.8, 4) is 0 Å². The van der Waals surface area contributed by atoms with Crippen LogP contribution in [0.2, 0.25) is 0 Å². The highest BCUT2D eigenvalue weighted by atomic mass is 32.3. The fourth-order valence-corrected chi connectivity index (χ4v) is 6.68. The highest BCUT2D eigenvalue weighted by molar-refractivity contribution is 7.80. The van der Waals surface area contributed by atoms with E-state index in [2.05, 4.69) is 23.3 Å². The summed E-state index contributed by atoms with van der Waals surface area (Å²) in [5.74, 6) is -0.674. The number of aliphatic hydroxyl groups is 5. The van der Waals surface area contributed by atoms with Crippen molar-refractivity contribution in [3.63, 3.8) is 0 Å². The van der Waals surface area contributed by atoms with E-state index < -0.39 is 78.5 Å². The second-order valence-corrected chi connectivity index (χ2v) is 14.7. The monoisotopic (exact) mass is 727 g/mol. The molecule has 1 heterocycles. The Labute approximate surface area is 295 Å². The van der Waals surface area contributed by atoms with Crippen molar-refractivity contribution >= 4 is 16.3 Å². The molecule has 0 radical (unpaired) electrons. The fraction of sp³-hybridized carbons (Fsp3) is 0.971. The molecule has 0 aromatic heterocycles. The minimum absolute atomic E-state index is 0.264. The maximum absolute atomic E-state index is 13.0. The lowest BCUT2D eigenvalue weighted by Gasteiger charge is -2.41. The molecule has 1 aliphatic heterocycles. The van der Waals surface area contributed by atoms with Crippen LogP contribution in [0.3, 0.4) is 0 Å². The minimum Gasteiger partial charge on any atom is -0.394 e. The largest absolute Gasteiger partial charge is 0.397 e. The molecule has 1 aliphatic rings. The molecule has 13 nitrogen and oxygen atoms in total. The maximum atomic E-state index is 13.0. The van der Waals surface area contributed by atoms with E-state index in [1.54, 1.807) is 0 Å². The van der Waals surface area contributed by atoms with Crippen LogP contribution in [0.1, 0.15) is 155 Å². The van der Waals surface area contributed by atoms with Crippen LogP contribution in [-0.4, -0.2) is 107 Å². The number of carbonyl (C=O) groups is 1. The number of carbonyl (C=O) groups excluding carboxylic acids is 1. The molecule has 0 spiro atoms. The first-order valence-corrected chi connectivity index (χ1v) is 20.4. The summed E-state index contributed by atoms with van der Waals surface area (Å²) in [4.78, 5) is 13.0. The second kappa shape index (κ2) is 27.7. The van der Waals surface area contributed by atoms with Gasteiger partial charge < -0.3 is 40.3 Å². The third kappa shape index (κ3) is 21.2. The first-order valence-electron chi connectivity index (χ1n) is 19.0. The molecular formula is C35H69NO12S.